The third kappa shape index (κ3) is 3.45. The Morgan fingerprint density at radius 2 is 1.32 bits per heavy atom. The summed E-state index contributed by atoms with van der Waals surface area (Å²) in [5, 5.41) is 3.33. The van der Waals surface area contributed by atoms with Gasteiger partial charge in [0.25, 0.3) is 0 Å². The van der Waals surface area contributed by atoms with Gasteiger partial charge in [0.2, 0.25) is 0 Å². The number of hydrogen-bond donors (Lipinski definition) is 1. The van der Waals surface area contributed by atoms with Crippen LogP contribution in [0.2, 0.25) is 0 Å². The van der Waals surface area contributed by atoms with Gasteiger partial charge in [-0.1, -0.05) is 54.6 Å². The molecule has 0 unspecified atom stereocenters. The van der Waals surface area contributed by atoms with Gasteiger partial charge in [-0.2, -0.15) is 0 Å². The molecule has 0 radical (unpaired) electrons. The van der Waals surface area contributed by atoms with Crippen LogP contribution in [0.25, 0.3) is 0 Å². The summed E-state index contributed by atoms with van der Waals surface area (Å²) in [5.74, 6) is 0.857. The van der Waals surface area contributed by atoms with Crippen molar-refractivity contribution in [2.45, 2.75) is 19.3 Å². The van der Waals surface area contributed by atoms with Crippen molar-refractivity contribution in [2.24, 2.45) is 5.92 Å². The van der Waals surface area contributed by atoms with Gasteiger partial charge < -0.3 is 5.32 Å². The van der Waals surface area contributed by atoms with E-state index in [-0.39, 0.29) is 0 Å². The Kier molecular flexibility index (Phi) is 3.95. The van der Waals surface area contributed by atoms with Crippen molar-refractivity contribution < 1.29 is 0 Å². The summed E-state index contributed by atoms with van der Waals surface area (Å²) in [4.78, 5) is 0. The summed E-state index contributed by atoms with van der Waals surface area (Å²) in [6.45, 7) is 2.38. The number of nitrogens with one attached hydrogen (secondary N) is 1. The third-order valence-corrected chi connectivity index (χ3v) is 3.96. The largest absolute Gasteiger partial charge is 0.316 e. The molecule has 0 aromatic heterocycles. The van der Waals surface area contributed by atoms with Crippen molar-refractivity contribution in [3.63, 3.8) is 0 Å². The van der Waals surface area contributed by atoms with E-state index in [0.717, 1.165) is 18.8 Å². The van der Waals surface area contributed by atoms with Crippen LogP contribution in [0.5, 0.6) is 0 Å². The summed E-state index contributed by atoms with van der Waals surface area (Å²) < 4.78 is 0. The molecule has 0 amide bonds. The van der Waals surface area contributed by atoms with Crippen molar-refractivity contribution in [2.75, 3.05) is 13.1 Å². The van der Waals surface area contributed by atoms with E-state index in [2.05, 4.69) is 59.9 Å². The molecule has 19 heavy (non-hydrogen) atoms. The Bertz CT molecular complexity index is 497. The number of aryl methyl sites for hydroxylation is 2. The van der Waals surface area contributed by atoms with Gasteiger partial charge in [-0.05, 0) is 55.0 Å². The minimum absolute atomic E-state index is 0.857. The van der Waals surface area contributed by atoms with Crippen molar-refractivity contribution in [3.8, 4) is 0 Å². The van der Waals surface area contributed by atoms with Crippen molar-refractivity contribution in [3.05, 3.63) is 71.3 Å². The number of hydrogen-bond acceptors (Lipinski definition) is 1. The maximum atomic E-state index is 3.33. The van der Waals surface area contributed by atoms with Gasteiger partial charge in [-0.25, -0.2) is 0 Å². The van der Waals surface area contributed by atoms with E-state index in [9.17, 15) is 0 Å². The van der Waals surface area contributed by atoms with Crippen LogP contribution in [-0.4, -0.2) is 13.1 Å². The van der Waals surface area contributed by atoms with E-state index in [1.54, 1.807) is 0 Å². The van der Waals surface area contributed by atoms with E-state index in [1.165, 1.54) is 36.2 Å². The molecule has 0 atom stereocenters. The predicted octanol–water partition coefficient (Wildman–Crippen LogP) is 3.23. The zero-order valence-electron chi connectivity index (χ0n) is 11.3. The first-order valence-corrected chi connectivity index (χ1v) is 7.22. The molecule has 2 aromatic rings. The van der Waals surface area contributed by atoms with E-state index in [1.807, 2.05) is 0 Å². The molecule has 1 aliphatic heterocycles. The molecule has 1 saturated heterocycles. The molecule has 0 spiro atoms. The third-order valence-electron chi connectivity index (χ3n) is 3.96. The molecule has 1 N–H and O–H groups in total. The van der Waals surface area contributed by atoms with Crippen LogP contribution < -0.4 is 5.32 Å². The van der Waals surface area contributed by atoms with Crippen LogP contribution in [0.4, 0.5) is 0 Å². The first-order valence-electron chi connectivity index (χ1n) is 7.22. The summed E-state index contributed by atoms with van der Waals surface area (Å²) in [7, 11) is 0. The fourth-order valence-corrected chi connectivity index (χ4v) is 2.60. The van der Waals surface area contributed by atoms with Gasteiger partial charge in [0.05, 0.1) is 0 Å². The zero-order chi connectivity index (χ0) is 12.9. The van der Waals surface area contributed by atoms with Crippen LogP contribution in [0.3, 0.4) is 0 Å². The maximum Gasteiger partial charge on any atom is -0.000506 e. The van der Waals surface area contributed by atoms with Crippen LogP contribution in [0, 0.1) is 5.92 Å². The first kappa shape index (κ1) is 12.4. The second-order valence-electron chi connectivity index (χ2n) is 5.53. The highest BCUT2D eigenvalue weighted by Gasteiger charge is 2.16. The summed E-state index contributed by atoms with van der Waals surface area (Å²) in [6, 6.07) is 19.9. The molecule has 0 aliphatic carbocycles. The van der Waals surface area contributed by atoms with E-state index in [4.69, 9.17) is 0 Å². The van der Waals surface area contributed by atoms with Crippen molar-refractivity contribution in [1.82, 2.24) is 5.32 Å². The average molecular weight is 251 g/mol. The first-order chi connectivity index (χ1) is 9.40. The van der Waals surface area contributed by atoms with Gasteiger partial charge in [0.15, 0.2) is 0 Å². The number of rotatable bonds is 5. The maximum absolute atomic E-state index is 3.33. The minimum Gasteiger partial charge on any atom is -0.316 e. The minimum atomic E-state index is 0.857. The average Bonchev–Trinajstić information content (AvgIpc) is 2.43. The zero-order valence-corrected chi connectivity index (χ0v) is 11.3. The van der Waals surface area contributed by atoms with Crippen LogP contribution in [-0.2, 0) is 19.3 Å². The van der Waals surface area contributed by atoms with E-state index >= 15 is 0 Å². The van der Waals surface area contributed by atoms with Gasteiger partial charge in [0.1, 0.15) is 0 Å². The van der Waals surface area contributed by atoms with Gasteiger partial charge in [-0.15, -0.1) is 0 Å². The molecule has 2 aromatic carbocycles. The molecular formula is C18H21N. The van der Waals surface area contributed by atoms with Gasteiger partial charge in [0, 0.05) is 0 Å². The number of benzene rings is 2. The smallest absolute Gasteiger partial charge is 0.000506 e. The molecule has 1 heteroatoms. The summed E-state index contributed by atoms with van der Waals surface area (Å²) in [5.41, 5.74) is 4.35. The second kappa shape index (κ2) is 6.03. The molecule has 98 valence electrons. The molecule has 1 aliphatic rings. The Balaban J connectivity index is 1.53. The molecule has 1 fully saturated rings. The monoisotopic (exact) mass is 251 g/mol. The topological polar surface area (TPSA) is 12.0 Å². The standard InChI is InChI=1S/C18H21N/c1-2-4-15(5-3-1)6-7-16-8-10-17(11-9-16)12-18-13-19-14-18/h1-5,8-11,18-19H,6-7,12-14H2. The Hall–Kier alpha value is -1.60. The fourth-order valence-electron chi connectivity index (χ4n) is 2.60. The molecule has 1 nitrogen and oxygen atoms in total. The van der Waals surface area contributed by atoms with Crippen LogP contribution >= 0.6 is 0 Å². The highest BCUT2D eigenvalue weighted by atomic mass is 14.9. The lowest BCUT2D eigenvalue weighted by molar-refractivity contribution is 0.346. The lowest BCUT2D eigenvalue weighted by atomic mass is 9.93. The lowest BCUT2D eigenvalue weighted by Crippen LogP contribution is -2.43. The lowest BCUT2D eigenvalue weighted by Gasteiger charge is -2.27. The summed E-state index contributed by atoms with van der Waals surface area (Å²) in [6.07, 6.45) is 3.49. The van der Waals surface area contributed by atoms with E-state index < -0.39 is 0 Å². The fraction of sp³-hybridized carbons (Fsp3) is 0.333. The Morgan fingerprint density at radius 3 is 1.89 bits per heavy atom. The summed E-state index contributed by atoms with van der Waals surface area (Å²) >= 11 is 0. The van der Waals surface area contributed by atoms with Gasteiger partial charge >= 0.3 is 0 Å². The Labute approximate surface area is 115 Å². The second-order valence-corrected chi connectivity index (χ2v) is 5.53. The Morgan fingerprint density at radius 1 is 0.737 bits per heavy atom. The molecule has 0 bridgehead atoms. The van der Waals surface area contributed by atoms with Crippen molar-refractivity contribution in [1.29, 1.82) is 0 Å². The SMILES string of the molecule is c1ccc(CCc2ccc(CC3CNC3)cc2)cc1. The quantitative estimate of drug-likeness (QED) is 0.860. The predicted molar refractivity (Wildman–Crippen MR) is 80.4 cm³/mol. The van der Waals surface area contributed by atoms with Crippen molar-refractivity contribution >= 4 is 0 Å². The van der Waals surface area contributed by atoms with Crippen LogP contribution in [0.1, 0.15) is 16.7 Å². The van der Waals surface area contributed by atoms with E-state index in [0.29, 0.717) is 0 Å². The molecule has 3 rings (SSSR count). The van der Waals surface area contributed by atoms with Gasteiger partial charge in [-0.3, -0.25) is 0 Å². The highest BCUT2D eigenvalue weighted by Crippen LogP contribution is 2.14. The molecule has 0 saturated carbocycles. The molecular weight excluding hydrogens is 230 g/mol. The molecule has 1 heterocycles. The normalized spacial score (nSPS) is 15.2. The highest BCUT2D eigenvalue weighted by molar-refractivity contribution is 5.25. The van der Waals surface area contributed by atoms with Crippen LogP contribution in [0.15, 0.2) is 54.6 Å².